The number of nitrogens with one attached hydrogen (secondary N) is 1. The molecule has 2 N–H and O–H groups in total. The fourth-order valence-electron chi connectivity index (χ4n) is 2.52. The van der Waals surface area contributed by atoms with E-state index in [9.17, 15) is 27.5 Å². The number of aliphatic hydroxyl groups excluding tert-OH is 1. The van der Waals surface area contributed by atoms with Crippen LogP contribution in [0.5, 0.6) is 0 Å². The Kier molecular flexibility index (Phi) is 6.35. The van der Waals surface area contributed by atoms with Crippen molar-refractivity contribution in [2.24, 2.45) is 0 Å². The van der Waals surface area contributed by atoms with Crippen molar-refractivity contribution in [1.29, 1.82) is 0 Å². The first-order valence-corrected chi connectivity index (χ1v) is 9.16. The van der Waals surface area contributed by atoms with E-state index in [1.165, 1.54) is 30.3 Å². The molecule has 0 bridgehead atoms. The summed E-state index contributed by atoms with van der Waals surface area (Å²) in [5, 5.41) is 16.1. The molecule has 0 aliphatic carbocycles. The second-order valence-electron chi connectivity index (χ2n) is 6.21. The molecule has 0 amide bonds. The number of hydrogen-bond donors (Lipinski definition) is 2. The highest BCUT2D eigenvalue weighted by atomic mass is 35.5. The van der Waals surface area contributed by atoms with Gasteiger partial charge < -0.3 is 10.4 Å². The number of aromatic nitrogens is 2. The Balaban J connectivity index is 2.12. The minimum Gasteiger partial charge on any atom is -0.382 e. The van der Waals surface area contributed by atoms with Crippen LogP contribution in [0.1, 0.15) is 0 Å². The highest BCUT2D eigenvalue weighted by Crippen LogP contribution is 2.28. The van der Waals surface area contributed by atoms with Gasteiger partial charge in [-0.15, -0.1) is 0 Å². The van der Waals surface area contributed by atoms with E-state index in [1.807, 2.05) is 0 Å². The molecule has 5 nitrogen and oxygen atoms in total. The fraction of sp³-hybridized carbons (Fsp3) is 0.158. The lowest BCUT2D eigenvalue weighted by atomic mass is 10.1. The van der Waals surface area contributed by atoms with Crippen molar-refractivity contribution in [3.8, 4) is 16.9 Å². The van der Waals surface area contributed by atoms with Gasteiger partial charge in [-0.1, -0.05) is 35.3 Å². The van der Waals surface area contributed by atoms with Gasteiger partial charge in [0.15, 0.2) is 6.10 Å². The first kappa shape index (κ1) is 22.1. The zero-order valence-corrected chi connectivity index (χ0v) is 16.4. The Morgan fingerprint density at radius 3 is 2.47 bits per heavy atom. The van der Waals surface area contributed by atoms with Crippen LogP contribution in [0.2, 0.25) is 10.0 Å². The van der Waals surface area contributed by atoms with Crippen molar-refractivity contribution in [2.75, 3.05) is 11.9 Å². The van der Waals surface area contributed by atoms with Crippen LogP contribution < -0.4 is 10.9 Å². The molecule has 3 aromatic rings. The lowest BCUT2D eigenvalue weighted by Gasteiger charge is -2.17. The molecule has 0 radical (unpaired) electrons. The summed E-state index contributed by atoms with van der Waals surface area (Å²) in [6.45, 7) is -0.966. The van der Waals surface area contributed by atoms with Crippen LogP contribution in [0, 0.1) is 5.82 Å². The zero-order chi connectivity index (χ0) is 22.1. The summed E-state index contributed by atoms with van der Waals surface area (Å²) < 4.78 is 52.3. The van der Waals surface area contributed by atoms with E-state index >= 15 is 0 Å². The SMILES string of the molecule is O=c1c(NCC(O)C(F)(F)F)cc(-c2ccc(Cl)c(Cl)c2)nn1-c1cccc(F)c1. The summed E-state index contributed by atoms with van der Waals surface area (Å²) in [5.41, 5.74) is -0.492. The van der Waals surface area contributed by atoms with Gasteiger partial charge in [-0.05, 0) is 36.4 Å². The largest absolute Gasteiger partial charge is 0.416 e. The molecule has 158 valence electrons. The van der Waals surface area contributed by atoms with E-state index in [4.69, 9.17) is 23.2 Å². The molecule has 3 rings (SSSR count). The number of hydrogen-bond acceptors (Lipinski definition) is 4. The maximum Gasteiger partial charge on any atom is 0.416 e. The summed E-state index contributed by atoms with van der Waals surface area (Å²) in [4.78, 5) is 12.8. The van der Waals surface area contributed by atoms with Gasteiger partial charge in [0.25, 0.3) is 5.56 Å². The maximum atomic E-state index is 13.6. The van der Waals surface area contributed by atoms with Crippen molar-refractivity contribution in [1.82, 2.24) is 9.78 Å². The van der Waals surface area contributed by atoms with Crippen LogP contribution in [-0.2, 0) is 0 Å². The van der Waals surface area contributed by atoms with E-state index in [0.29, 0.717) is 5.56 Å². The molecule has 1 heterocycles. The third-order valence-corrected chi connectivity index (χ3v) is 4.78. The average Bonchev–Trinajstić information content (AvgIpc) is 2.68. The van der Waals surface area contributed by atoms with Crippen molar-refractivity contribution in [2.45, 2.75) is 12.3 Å². The van der Waals surface area contributed by atoms with Crippen LogP contribution >= 0.6 is 23.2 Å². The van der Waals surface area contributed by atoms with Gasteiger partial charge >= 0.3 is 6.18 Å². The minimum absolute atomic E-state index is 0.0568. The van der Waals surface area contributed by atoms with Gasteiger partial charge in [-0.25, -0.2) is 4.39 Å². The average molecular weight is 462 g/mol. The summed E-state index contributed by atoms with van der Waals surface area (Å²) in [7, 11) is 0. The highest BCUT2D eigenvalue weighted by Gasteiger charge is 2.38. The molecule has 0 spiro atoms. The smallest absolute Gasteiger partial charge is 0.382 e. The number of anilines is 1. The lowest BCUT2D eigenvalue weighted by molar-refractivity contribution is -0.198. The molecular formula is C19H13Cl2F4N3O2. The molecule has 0 fully saturated rings. The van der Waals surface area contributed by atoms with E-state index in [-0.39, 0.29) is 27.1 Å². The number of aliphatic hydroxyl groups is 1. The number of rotatable bonds is 5. The topological polar surface area (TPSA) is 67.2 Å². The van der Waals surface area contributed by atoms with Crippen LogP contribution in [0.15, 0.2) is 53.3 Å². The highest BCUT2D eigenvalue weighted by molar-refractivity contribution is 6.42. The van der Waals surface area contributed by atoms with E-state index in [2.05, 4.69) is 10.4 Å². The Morgan fingerprint density at radius 1 is 1.10 bits per heavy atom. The predicted octanol–water partition coefficient (Wildman–Crippen LogP) is 4.68. The monoisotopic (exact) mass is 461 g/mol. The molecule has 30 heavy (non-hydrogen) atoms. The van der Waals surface area contributed by atoms with Crippen LogP contribution in [0.4, 0.5) is 23.2 Å². The molecular weight excluding hydrogens is 449 g/mol. The standard InChI is InChI=1S/C19H13Cl2F4N3O2/c20-13-5-4-10(6-14(13)21)15-8-16(26-9-17(29)19(23,24)25)18(30)28(27-15)12-3-1-2-11(22)7-12/h1-8,17,26,29H,9H2. The first-order valence-electron chi connectivity index (χ1n) is 8.40. The Morgan fingerprint density at radius 2 is 1.83 bits per heavy atom. The van der Waals surface area contributed by atoms with E-state index in [1.54, 1.807) is 6.07 Å². The predicted molar refractivity (Wildman–Crippen MR) is 106 cm³/mol. The van der Waals surface area contributed by atoms with Crippen molar-refractivity contribution >= 4 is 28.9 Å². The number of nitrogens with zero attached hydrogens (tertiary/aromatic N) is 2. The molecule has 2 aromatic carbocycles. The zero-order valence-electron chi connectivity index (χ0n) is 14.9. The molecule has 0 saturated heterocycles. The number of alkyl halides is 3. The molecule has 1 aromatic heterocycles. The minimum atomic E-state index is -4.87. The summed E-state index contributed by atoms with van der Waals surface area (Å²) in [5.74, 6) is -0.636. The normalized spacial score (nSPS) is 12.6. The van der Waals surface area contributed by atoms with Crippen molar-refractivity contribution in [3.05, 3.63) is 74.7 Å². The van der Waals surface area contributed by atoms with Gasteiger partial charge in [0.1, 0.15) is 11.5 Å². The van der Waals surface area contributed by atoms with Gasteiger partial charge in [0.2, 0.25) is 0 Å². The van der Waals surface area contributed by atoms with Crippen LogP contribution in [0.3, 0.4) is 0 Å². The molecule has 0 aliphatic heterocycles. The Hall–Kier alpha value is -2.62. The third kappa shape index (κ3) is 4.92. The molecule has 1 unspecified atom stereocenters. The van der Waals surface area contributed by atoms with Crippen molar-refractivity contribution < 1.29 is 22.7 Å². The second kappa shape index (κ2) is 8.63. The van der Waals surface area contributed by atoms with E-state index < -0.39 is 30.2 Å². The summed E-state index contributed by atoms with van der Waals surface area (Å²) >= 11 is 11.9. The van der Waals surface area contributed by atoms with Gasteiger partial charge in [0, 0.05) is 12.1 Å². The van der Waals surface area contributed by atoms with Gasteiger partial charge in [-0.2, -0.15) is 23.0 Å². The van der Waals surface area contributed by atoms with Gasteiger partial charge in [0.05, 0.1) is 21.4 Å². The van der Waals surface area contributed by atoms with E-state index in [0.717, 1.165) is 16.8 Å². The number of benzene rings is 2. The maximum absolute atomic E-state index is 13.6. The first-order chi connectivity index (χ1) is 14.1. The van der Waals surface area contributed by atoms with Crippen LogP contribution in [-0.4, -0.2) is 33.7 Å². The van der Waals surface area contributed by atoms with Crippen molar-refractivity contribution in [3.63, 3.8) is 0 Å². The third-order valence-electron chi connectivity index (χ3n) is 4.04. The Labute approximate surface area is 177 Å². The second-order valence-corrected chi connectivity index (χ2v) is 7.02. The molecule has 0 aliphatic rings. The van der Waals surface area contributed by atoms with Crippen LogP contribution in [0.25, 0.3) is 16.9 Å². The summed E-state index contributed by atoms with van der Waals surface area (Å²) in [6, 6.07) is 10.7. The fourth-order valence-corrected chi connectivity index (χ4v) is 2.82. The quantitative estimate of drug-likeness (QED) is 0.541. The van der Waals surface area contributed by atoms with Gasteiger partial charge in [-0.3, -0.25) is 4.79 Å². The molecule has 1 atom stereocenters. The molecule has 0 saturated carbocycles. The number of halogens is 6. The molecule has 11 heteroatoms. The summed E-state index contributed by atoms with van der Waals surface area (Å²) in [6.07, 6.45) is -7.56. The Bertz CT molecular complexity index is 1140. The lowest BCUT2D eigenvalue weighted by Crippen LogP contribution is -2.36.